The van der Waals surface area contributed by atoms with E-state index in [2.05, 4.69) is 102 Å². The smallest absolute Gasteiger partial charge is 0.227 e. The molecule has 240 valence electrons. The number of rotatable bonds is 5. The summed E-state index contributed by atoms with van der Waals surface area (Å²) in [4.78, 5) is 19.7. The molecule has 7 aromatic carbocycles. The first-order valence-electron chi connectivity index (χ1n) is 17.0. The summed E-state index contributed by atoms with van der Waals surface area (Å²) in [6.07, 6.45) is 0. The van der Waals surface area contributed by atoms with Crippen LogP contribution in [0.1, 0.15) is 5.56 Å². The molecule has 0 fully saturated rings. The Labute approximate surface area is 293 Å². The van der Waals surface area contributed by atoms with Gasteiger partial charge in [0.15, 0.2) is 23.1 Å². The van der Waals surface area contributed by atoms with Gasteiger partial charge in [-0.1, -0.05) is 121 Å². The van der Waals surface area contributed by atoms with Crippen LogP contribution >= 0.6 is 0 Å². The molecule has 3 heterocycles. The highest BCUT2D eigenvalue weighted by Crippen LogP contribution is 2.41. The van der Waals surface area contributed by atoms with E-state index in [1.54, 1.807) is 0 Å². The van der Waals surface area contributed by atoms with Crippen LogP contribution in [0.3, 0.4) is 0 Å². The summed E-state index contributed by atoms with van der Waals surface area (Å²) in [6, 6.07) is 54.0. The molecule has 0 atom stereocenters. The monoisotopic (exact) mass is 655 g/mol. The fourth-order valence-corrected chi connectivity index (χ4v) is 7.05. The number of oxazole rings is 1. The molecular formula is C45H29N5O. The highest BCUT2D eigenvalue weighted by atomic mass is 16.3. The molecule has 0 aliphatic rings. The van der Waals surface area contributed by atoms with E-state index in [1.807, 2.05) is 66.7 Å². The number of para-hydroxylation sites is 2. The zero-order chi connectivity index (χ0) is 33.9. The van der Waals surface area contributed by atoms with Crippen molar-refractivity contribution < 1.29 is 4.42 Å². The van der Waals surface area contributed by atoms with Crippen LogP contribution in [-0.4, -0.2) is 24.5 Å². The number of nitrogens with zero attached hydrogens (tertiary/aromatic N) is 5. The maximum Gasteiger partial charge on any atom is 0.227 e. The molecule has 3 aromatic heterocycles. The number of aromatic nitrogens is 5. The van der Waals surface area contributed by atoms with Gasteiger partial charge < -0.3 is 8.98 Å². The Morgan fingerprint density at radius 1 is 0.451 bits per heavy atom. The summed E-state index contributed by atoms with van der Waals surface area (Å²) in [7, 11) is 0. The molecule has 0 aliphatic carbocycles. The minimum absolute atomic E-state index is 0.564. The Balaban J connectivity index is 1.10. The summed E-state index contributed by atoms with van der Waals surface area (Å²) in [5.41, 5.74) is 9.81. The highest BCUT2D eigenvalue weighted by Gasteiger charge is 2.19. The predicted molar refractivity (Wildman–Crippen MR) is 206 cm³/mol. The van der Waals surface area contributed by atoms with E-state index in [0.717, 1.165) is 66.2 Å². The van der Waals surface area contributed by atoms with Gasteiger partial charge in [-0.3, -0.25) is 0 Å². The van der Waals surface area contributed by atoms with Gasteiger partial charge in [-0.25, -0.2) is 19.9 Å². The molecule has 10 rings (SSSR count). The Morgan fingerprint density at radius 3 is 1.73 bits per heavy atom. The van der Waals surface area contributed by atoms with Crippen LogP contribution in [-0.2, 0) is 0 Å². The van der Waals surface area contributed by atoms with Crippen LogP contribution in [0.25, 0.3) is 95.0 Å². The SMILES string of the molecule is Cc1ccc(-c2nc(-c3ccccc3)nc(-c3ccc(-c4nc5ccc6ccc7c(c8ccccc8n7-c7ccccc7)c6c5o4)cc3)n2)cc1. The average Bonchev–Trinajstić information content (AvgIpc) is 3.79. The van der Waals surface area contributed by atoms with Gasteiger partial charge in [0.1, 0.15) is 5.52 Å². The fourth-order valence-electron chi connectivity index (χ4n) is 7.05. The van der Waals surface area contributed by atoms with Crippen molar-refractivity contribution in [3.8, 4) is 51.3 Å². The molecule has 6 nitrogen and oxygen atoms in total. The van der Waals surface area contributed by atoms with Crippen molar-refractivity contribution >= 4 is 43.7 Å². The van der Waals surface area contributed by atoms with Crippen molar-refractivity contribution in [2.75, 3.05) is 0 Å². The standard InChI is InChI=1S/C45H29N5O/c1-28-16-18-31(19-17-28)43-47-42(30-10-4-2-5-11-30)48-44(49-43)32-20-22-33(23-21-32)45-46-36-26-24-29-25-27-38-40(39(29)41(36)51-45)35-14-8-9-15-37(35)50(38)34-12-6-3-7-13-34/h2-27H,1H3. The third-order valence-electron chi connectivity index (χ3n) is 9.55. The van der Waals surface area contributed by atoms with Crippen molar-refractivity contribution in [1.82, 2.24) is 24.5 Å². The third-order valence-corrected chi connectivity index (χ3v) is 9.55. The maximum absolute atomic E-state index is 6.69. The molecule has 0 saturated carbocycles. The summed E-state index contributed by atoms with van der Waals surface area (Å²) >= 11 is 0. The van der Waals surface area contributed by atoms with Crippen molar-refractivity contribution in [2.24, 2.45) is 0 Å². The third kappa shape index (κ3) is 4.88. The lowest BCUT2D eigenvalue weighted by Gasteiger charge is -2.09. The first-order valence-corrected chi connectivity index (χ1v) is 17.0. The van der Waals surface area contributed by atoms with Crippen LogP contribution in [0.2, 0.25) is 0 Å². The molecule has 0 saturated heterocycles. The van der Waals surface area contributed by atoms with E-state index < -0.39 is 0 Å². The van der Waals surface area contributed by atoms with E-state index in [0.29, 0.717) is 23.4 Å². The van der Waals surface area contributed by atoms with Gasteiger partial charge in [-0.2, -0.15) is 0 Å². The lowest BCUT2D eigenvalue weighted by Crippen LogP contribution is -2.00. The Kier molecular flexibility index (Phi) is 6.61. The Bertz CT molecular complexity index is 2890. The number of fused-ring (bicyclic) bond motifs is 7. The first-order chi connectivity index (χ1) is 25.2. The van der Waals surface area contributed by atoms with Crippen LogP contribution in [0.15, 0.2) is 162 Å². The molecule has 0 amide bonds. The molecule has 6 heteroatoms. The highest BCUT2D eigenvalue weighted by molar-refractivity contribution is 6.26. The van der Waals surface area contributed by atoms with Gasteiger partial charge in [-0.15, -0.1) is 0 Å². The first kappa shape index (κ1) is 29.0. The molecule has 0 aliphatic heterocycles. The predicted octanol–water partition coefficient (Wildman–Crippen LogP) is 11.2. The summed E-state index contributed by atoms with van der Waals surface area (Å²) in [6.45, 7) is 2.07. The number of benzene rings is 7. The lowest BCUT2D eigenvalue weighted by atomic mass is 10.0. The quantitative estimate of drug-likeness (QED) is 0.185. The van der Waals surface area contributed by atoms with Crippen LogP contribution in [0, 0.1) is 6.92 Å². The van der Waals surface area contributed by atoms with Crippen molar-refractivity contribution in [3.05, 3.63) is 163 Å². The van der Waals surface area contributed by atoms with Gasteiger partial charge in [0, 0.05) is 44.1 Å². The summed E-state index contributed by atoms with van der Waals surface area (Å²) in [5, 5.41) is 4.50. The lowest BCUT2D eigenvalue weighted by molar-refractivity contribution is 0.623. The maximum atomic E-state index is 6.69. The molecule has 0 unspecified atom stereocenters. The molecule has 0 spiro atoms. The second-order valence-electron chi connectivity index (χ2n) is 12.8. The topological polar surface area (TPSA) is 69.6 Å². The molecule has 10 aromatic rings. The van der Waals surface area contributed by atoms with Gasteiger partial charge in [0.05, 0.1) is 11.0 Å². The molecule has 0 N–H and O–H groups in total. The van der Waals surface area contributed by atoms with E-state index >= 15 is 0 Å². The molecule has 0 bridgehead atoms. The number of hydrogen-bond acceptors (Lipinski definition) is 5. The molecule has 0 radical (unpaired) electrons. The zero-order valence-electron chi connectivity index (χ0n) is 27.7. The van der Waals surface area contributed by atoms with E-state index in [-0.39, 0.29) is 0 Å². The largest absolute Gasteiger partial charge is 0.435 e. The second kappa shape index (κ2) is 11.6. The van der Waals surface area contributed by atoms with Crippen molar-refractivity contribution in [2.45, 2.75) is 6.92 Å². The van der Waals surface area contributed by atoms with Crippen LogP contribution in [0.4, 0.5) is 0 Å². The van der Waals surface area contributed by atoms with Gasteiger partial charge in [-0.05, 0) is 54.8 Å². The molecule has 51 heavy (non-hydrogen) atoms. The van der Waals surface area contributed by atoms with Crippen molar-refractivity contribution in [3.63, 3.8) is 0 Å². The Hall–Kier alpha value is -6.92. The van der Waals surface area contributed by atoms with Gasteiger partial charge >= 0.3 is 0 Å². The minimum Gasteiger partial charge on any atom is -0.435 e. The zero-order valence-corrected chi connectivity index (χ0v) is 27.7. The minimum atomic E-state index is 0.564. The van der Waals surface area contributed by atoms with E-state index in [1.165, 1.54) is 10.9 Å². The average molecular weight is 656 g/mol. The van der Waals surface area contributed by atoms with Gasteiger partial charge in [0.25, 0.3) is 0 Å². The second-order valence-corrected chi connectivity index (χ2v) is 12.8. The normalized spacial score (nSPS) is 11.6. The van der Waals surface area contributed by atoms with Crippen LogP contribution < -0.4 is 0 Å². The van der Waals surface area contributed by atoms with Gasteiger partial charge in [0.2, 0.25) is 5.89 Å². The van der Waals surface area contributed by atoms with E-state index in [4.69, 9.17) is 24.4 Å². The summed E-state index contributed by atoms with van der Waals surface area (Å²) < 4.78 is 9.01. The number of aryl methyl sites for hydroxylation is 1. The van der Waals surface area contributed by atoms with Crippen LogP contribution in [0.5, 0.6) is 0 Å². The molecular weight excluding hydrogens is 627 g/mol. The fraction of sp³-hybridized carbons (Fsp3) is 0.0222. The summed E-state index contributed by atoms with van der Waals surface area (Å²) in [5.74, 6) is 2.43. The Morgan fingerprint density at radius 2 is 1.02 bits per heavy atom. The van der Waals surface area contributed by atoms with E-state index in [9.17, 15) is 0 Å². The number of hydrogen-bond donors (Lipinski definition) is 0. The van der Waals surface area contributed by atoms with Crippen molar-refractivity contribution in [1.29, 1.82) is 0 Å².